The highest BCUT2D eigenvalue weighted by molar-refractivity contribution is 5.95. The fourth-order valence-electron chi connectivity index (χ4n) is 2.74. The fourth-order valence-corrected chi connectivity index (χ4v) is 2.74. The minimum absolute atomic E-state index is 0.0165. The molecule has 1 aliphatic heterocycles. The first-order chi connectivity index (χ1) is 10.7. The number of amides is 1. The first kappa shape index (κ1) is 14.7. The van der Waals surface area contributed by atoms with Gasteiger partial charge in [-0.15, -0.1) is 0 Å². The Morgan fingerprint density at radius 1 is 1.50 bits per heavy atom. The molecule has 0 spiro atoms. The zero-order valence-electron chi connectivity index (χ0n) is 12.7. The molecule has 0 saturated carbocycles. The second kappa shape index (κ2) is 6.70. The van der Waals surface area contributed by atoms with E-state index in [0.29, 0.717) is 31.9 Å². The van der Waals surface area contributed by atoms with Crippen LogP contribution in [0.2, 0.25) is 0 Å². The number of H-pyrrole nitrogens is 1. The van der Waals surface area contributed by atoms with Crippen LogP contribution in [0.15, 0.2) is 30.6 Å². The van der Waals surface area contributed by atoms with Gasteiger partial charge in [0.2, 0.25) is 0 Å². The van der Waals surface area contributed by atoms with Gasteiger partial charge in [-0.1, -0.05) is 6.07 Å². The second-order valence-corrected chi connectivity index (χ2v) is 5.63. The van der Waals surface area contributed by atoms with Crippen LogP contribution in [-0.2, 0) is 11.2 Å². The third-order valence-electron chi connectivity index (χ3n) is 3.91. The van der Waals surface area contributed by atoms with E-state index in [4.69, 9.17) is 4.74 Å². The Bertz CT molecular complexity index is 626. The molecule has 2 aromatic rings. The zero-order chi connectivity index (χ0) is 15.4. The predicted molar refractivity (Wildman–Crippen MR) is 81.5 cm³/mol. The van der Waals surface area contributed by atoms with E-state index in [1.54, 1.807) is 12.4 Å². The first-order valence-electron chi connectivity index (χ1n) is 7.51. The highest BCUT2D eigenvalue weighted by Gasteiger charge is 2.25. The lowest BCUT2D eigenvalue weighted by Gasteiger charge is -2.23. The Morgan fingerprint density at radius 3 is 3.14 bits per heavy atom. The molecule has 2 aromatic heterocycles. The van der Waals surface area contributed by atoms with Crippen LogP contribution < -0.4 is 0 Å². The maximum absolute atomic E-state index is 12.6. The molecular formula is C16H20N4O2. The molecule has 116 valence electrons. The van der Waals surface area contributed by atoms with Crippen molar-refractivity contribution in [1.82, 2.24) is 20.1 Å². The maximum atomic E-state index is 12.6. The summed E-state index contributed by atoms with van der Waals surface area (Å²) in [6.45, 7) is 4.38. The standard InChI is InChI=1S/C16H20N4O2/c1-12-15(9-18-19-12)16(21)20-6-7-22-11-13(10-20)8-14-4-2-3-5-17-14/h2-5,9,13H,6-8,10-11H2,1H3,(H,18,19)/t13-/m1/s1. The van der Waals surface area contributed by atoms with Gasteiger partial charge < -0.3 is 9.64 Å². The molecular weight excluding hydrogens is 280 g/mol. The van der Waals surface area contributed by atoms with Gasteiger partial charge in [0.15, 0.2) is 0 Å². The van der Waals surface area contributed by atoms with Gasteiger partial charge in [-0.2, -0.15) is 5.10 Å². The molecule has 3 heterocycles. The summed E-state index contributed by atoms with van der Waals surface area (Å²) < 4.78 is 5.66. The average Bonchev–Trinajstić information content (AvgIpc) is 2.82. The predicted octanol–water partition coefficient (Wildman–Crippen LogP) is 1.44. The molecule has 1 atom stereocenters. The number of ether oxygens (including phenoxy) is 1. The molecule has 0 aromatic carbocycles. The third-order valence-corrected chi connectivity index (χ3v) is 3.91. The van der Waals surface area contributed by atoms with Crippen molar-refractivity contribution in [2.45, 2.75) is 13.3 Å². The number of aromatic nitrogens is 3. The van der Waals surface area contributed by atoms with Crippen LogP contribution in [0.4, 0.5) is 0 Å². The number of carbonyl (C=O) groups is 1. The Hall–Kier alpha value is -2.21. The van der Waals surface area contributed by atoms with Crippen LogP contribution in [0.25, 0.3) is 0 Å². The molecule has 0 unspecified atom stereocenters. The van der Waals surface area contributed by atoms with Gasteiger partial charge in [0.05, 0.1) is 25.0 Å². The lowest BCUT2D eigenvalue weighted by atomic mass is 10.0. The molecule has 22 heavy (non-hydrogen) atoms. The summed E-state index contributed by atoms with van der Waals surface area (Å²) in [5, 5.41) is 6.75. The number of hydrogen-bond acceptors (Lipinski definition) is 4. The zero-order valence-corrected chi connectivity index (χ0v) is 12.7. The van der Waals surface area contributed by atoms with Gasteiger partial charge >= 0.3 is 0 Å². The van der Waals surface area contributed by atoms with Gasteiger partial charge in [0.25, 0.3) is 5.91 Å². The second-order valence-electron chi connectivity index (χ2n) is 5.63. The van der Waals surface area contributed by atoms with E-state index in [0.717, 1.165) is 17.8 Å². The summed E-state index contributed by atoms with van der Waals surface area (Å²) >= 11 is 0. The normalized spacial score (nSPS) is 19.0. The molecule has 1 saturated heterocycles. The fraction of sp³-hybridized carbons (Fsp3) is 0.438. The van der Waals surface area contributed by atoms with Crippen LogP contribution in [-0.4, -0.2) is 52.3 Å². The van der Waals surface area contributed by atoms with Crippen LogP contribution in [0.3, 0.4) is 0 Å². The SMILES string of the molecule is Cc1[nH]ncc1C(=O)N1CCOC[C@H](Cc2ccccn2)C1. The van der Waals surface area contributed by atoms with Crippen molar-refractivity contribution >= 4 is 5.91 Å². The number of hydrogen-bond donors (Lipinski definition) is 1. The van der Waals surface area contributed by atoms with Crippen LogP contribution >= 0.6 is 0 Å². The van der Waals surface area contributed by atoms with Crippen molar-refractivity contribution in [2.24, 2.45) is 5.92 Å². The summed E-state index contributed by atoms with van der Waals surface area (Å²) in [4.78, 5) is 18.9. The summed E-state index contributed by atoms with van der Waals surface area (Å²) in [7, 11) is 0. The minimum atomic E-state index is 0.0165. The molecule has 0 bridgehead atoms. The van der Waals surface area contributed by atoms with Crippen molar-refractivity contribution in [3.63, 3.8) is 0 Å². The monoisotopic (exact) mass is 300 g/mol. The summed E-state index contributed by atoms with van der Waals surface area (Å²) in [5.74, 6) is 0.274. The lowest BCUT2D eigenvalue weighted by molar-refractivity contribution is 0.0736. The van der Waals surface area contributed by atoms with Gasteiger partial charge in [0.1, 0.15) is 0 Å². The van der Waals surface area contributed by atoms with E-state index in [1.807, 2.05) is 30.0 Å². The smallest absolute Gasteiger partial charge is 0.257 e. The van der Waals surface area contributed by atoms with Gasteiger partial charge in [-0.25, -0.2) is 0 Å². The first-order valence-corrected chi connectivity index (χ1v) is 7.51. The summed E-state index contributed by atoms with van der Waals surface area (Å²) in [6.07, 6.45) is 4.21. The van der Waals surface area contributed by atoms with Gasteiger partial charge in [-0.3, -0.25) is 14.9 Å². The summed E-state index contributed by atoms with van der Waals surface area (Å²) in [5.41, 5.74) is 2.47. The third kappa shape index (κ3) is 3.33. The summed E-state index contributed by atoms with van der Waals surface area (Å²) in [6, 6.07) is 5.90. The number of rotatable bonds is 3. The van der Waals surface area contributed by atoms with E-state index < -0.39 is 0 Å². The average molecular weight is 300 g/mol. The van der Waals surface area contributed by atoms with Crippen molar-refractivity contribution in [3.8, 4) is 0 Å². The highest BCUT2D eigenvalue weighted by atomic mass is 16.5. The molecule has 0 radical (unpaired) electrons. The Balaban J connectivity index is 1.70. The van der Waals surface area contributed by atoms with E-state index in [1.165, 1.54) is 0 Å². The number of nitrogens with zero attached hydrogens (tertiary/aromatic N) is 3. The largest absolute Gasteiger partial charge is 0.379 e. The molecule has 1 amide bonds. The number of aromatic amines is 1. The van der Waals surface area contributed by atoms with E-state index >= 15 is 0 Å². The number of aryl methyl sites for hydroxylation is 1. The van der Waals surface area contributed by atoms with Crippen LogP contribution in [0, 0.1) is 12.8 Å². The van der Waals surface area contributed by atoms with Crippen LogP contribution in [0.1, 0.15) is 21.7 Å². The van der Waals surface area contributed by atoms with E-state index in [9.17, 15) is 4.79 Å². The topological polar surface area (TPSA) is 71.1 Å². The van der Waals surface area contributed by atoms with Gasteiger partial charge in [0, 0.05) is 36.6 Å². The number of nitrogens with one attached hydrogen (secondary N) is 1. The number of pyridine rings is 1. The molecule has 0 aliphatic carbocycles. The molecule has 1 fully saturated rings. The lowest BCUT2D eigenvalue weighted by Crippen LogP contribution is -2.36. The molecule has 3 rings (SSSR count). The molecule has 6 heteroatoms. The van der Waals surface area contributed by atoms with Crippen molar-refractivity contribution in [3.05, 3.63) is 47.5 Å². The van der Waals surface area contributed by atoms with Gasteiger partial charge in [-0.05, 0) is 25.5 Å². The Kier molecular flexibility index (Phi) is 4.48. The minimum Gasteiger partial charge on any atom is -0.379 e. The maximum Gasteiger partial charge on any atom is 0.257 e. The van der Waals surface area contributed by atoms with Crippen molar-refractivity contribution in [2.75, 3.05) is 26.3 Å². The highest BCUT2D eigenvalue weighted by Crippen LogP contribution is 2.15. The van der Waals surface area contributed by atoms with Crippen molar-refractivity contribution in [1.29, 1.82) is 0 Å². The molecule has 6 nitrogen and oxygen atoms in total. The quantitative estimate of drug-likeness (QED) is 0.931. The Morgan fingerprint density at radius 2 is 2.41 bits per heavy atom. The Labute approximate surface area is 129 Å². The van der Waals surface area contributed by atoms with Crippen LogP contribution in [0.5, 0.6) is 0 Å². The molecule has 1 aliphatic rings. The molecule has 1 N–H and O–H groups in total. The van der Waals surface area contributed by atoms with Crippen molar-refractivity contribution < 1.29 is 9.53 Å². The number of carbonyl (C=O) groups excluding carboxylic acids is 1. The van der Waals surface area contributed by atoms with E-state index in [2.05, 4.69) is 15.2 Å². The van der Waals surface area contributed by atoms with E-state index in [-0.39, 0.29) is 11.8 Å².